The van der Waals surface area contributed by atoms with E-state index in [9.17, 15) is 4.79 Å². The molecule has 0 aliphatic heterocycles. The second-order valence-corrected chi connectivity index (χ2v) is 6.81. The molecule has 0 saturated heterocycles. The number of rotatable bonds is 4. The first kappa shape index (κ1) is 16.3. The normalized spacial score (nSPS) is 10.7. The predicted molar refractivity (Wildman–Crippen MR) is 104 cm³/mol. The van der Waals surface area contributed by atoms with Crippen LogP contribution in [0.2, 0.25) is 0 Å². The van der Waals surface area contributed by atoms with Crippen LogP contribution in [0.4, 0.5) is 5.69 Å². The number of carbonyl (C=O) groups is 1. The summed E-state index contributed by atoms with van der Waals surface area (Å²) in [6, 6.07) is 21.3. The third-order valence-electron chi connectivity index (χ3n) is 3.97. The second-order valence-electron chi connectivity index (χ2n) is 5.81. The van der Waals surface area contributed by atoms with Gasteiger partial charge in [0.1, 0.15) is 5.01 Å². The van der Waals surface area contributed by atoms with Crippen LogP contribution < -0.4 is 5.32 Å². The molecule has 2 heterocycles. The maximum atomic E-state index is 12.0. The van der Waals surface area contributed by atoms with Gasteiger partial charge in [-0.1, -0.05) is 30.3 Å². The van der Waals surface area contributed by atoms with Crippen molar-refractivity contribution in [3.63, 3.8) is 0 Å². The average Bonchev–Trinajstić information content (AvgIpc) is 3.33. The van der Waals surface area contributed by atoms with Crippen molar-refractivity contribution in [1.29, 1.82) is 0 Å². The number of nitrogens with zero attached hydrogens (tertiary/aromatic N) is 1. The fraction of sp³-hybridized carbons (Fsp3) is 0.0476. The number of carbonyl (C=O) groups excluding carboxylic acids is 1. The number of furan rings is 1. The SMILES string of the molecule is Cc1nc(-c2ccc(NC(=O)c3ccco3)cc2)sc1-c1ccccc1. The fourth-order valence-electron chi connectivity index (χ4n) is 2.67. The Hall–Kier alpha value is -3.18. The minimum Gasteiger partial charge on any atom is -0.459 e. The first-order chi connectivity index (χ1) is 12.7. The number of benzene rings is 2. The van der Waals surface area contributed by atoms with E-state index in [0.29, 0.717) is 5.69 Å². The number of amides is 1. The Kier molecular flexibility index (Phi) is 4.37. The number of hydrogen-bond acceptors (Lipinski definition) is 4. The number of hydrogen-bond donors (Lipinski definition) is 1. The van der Waals surface area contributed by atoms with E-state index in [1.807, 2.05) is 49.4 Å². The van der Waals surface area contributed by atoms with Gasteiger partial charge in [0.25, 0.3) is 5.91 Å². The number of thiazole rings is 1. The quantitative estimate of drug-likeness (QED) is 0.513. The van der Waals surface area contributed by atoms with Gasteiger partial charge in [-0.3, -0.25) is 4.79 Å². The molecule has 0 atom stereocenters. The van der Waals surface area contributed by atoms with Crippen LogP contribution in [0, 0.1) is 6.92 Å². The van der Waals surface area contributed by atoms with Crippen molar-refractivity contribution in [2.75, 3.05) is 5.32 Å². The number of nitrogens with one attached hydrogen (secondary N) is 1. The summed E-state index contributed by atoms with van der Waals surface area (Å²) in [6.45, 7) is 2.03. The molecule has 4 aromatic rings. The monoisotopic (exact) mass is 360 g/mol. The van der Waals surface area contributed by atoms with Crippen molar-refractivity contribution >= 4 is 22.9 Å². The van der Waals surface area contributed by atoms with Gasteiger partial charge >= 0.3 is 0 Å². The molecule has 0 saturated carbocycles. The van der Waals surface area contributed by atoms with Crippen LogP contribution in [0.25, 0.3) is 21.0 Å². The van der Waals surface area contributed by atoms with E-state index in [1.54, 1.807) is 23.5 Å². The lowest BCUT2D eigenvalue weighted by Gasteiger charge is -2.04. The van der Waals surface area contributed by atoms with E-state index in [-0.39, 0.29) is 11.7 Å². The molecule has 0 unspecified atom stereocenters. The van der Waals surface area contributed by atoms with Gasteiger partial charge in [-0.2, -0.15) is 0 Å². The van der Waals surface area contributed by atoms with E-state index >= 15 is 0 Å². The van der Waals surface area contributed by atoms with Gasteiger partial charge in [0.2, 0.25) is 0 Å². The third-order valence-corrected chi connectivity index (χ3v) is 5.22. The number of aromatic nitrogens is 1. The van der Waals surface area contributed by atoms with Crippen molar-refractivity contribution < 1.29 is 9.21 Å². The van der Waals surface area contributed by atoms with Gasteiger partial charge in [0.15, 0.2) is 5.76 Å². The Labute approximate surface area is 155 Å². The highest BCUT2D eigenvalue weighted by atomic mass is 32.1. The van der Waals surface area contributed by atoms with Crippen LogP contribution in [-0.2, 0) is 0 Å². The maximum Gasteiger partial charge on any atom is 0.291 e. The van der Waals surface area contributed by atoms with Gasteiger partial charge in [-0.05, 0) is 48.9 Å². The van der Waals surface area contributed by atoms with Crippen LogP contribution in [-0.4, -0.2) is 10.9 Å². The topological polar surface area (TPSA) is 55.1 Å². The summed E-state index contributed by atoms with van der Waals surface area (Å²) >= 11 is 1.67. The molecule has 0 radical (unpaired) electrons. The highest BCUT2D eigenvalue weighted by molar-refractivity contribution is 7.18. The minimum absolute atomic E-state index is 0.265. The smallest absolute Gasteiger partial charge is 0.291 e. The molecule has 4 nitrogen and oxygen atoms in total. The largest absolute Gasteiger partial charge is 0.459 e. The molecule has 1 N–H and O–H groups in total. The summed E-state index contributed by atoms with van der Waals surface area (Å²) in [5, 5.41) is 3.78. The standard InChI is InChI=1S/C21H16N2O2S/c1-14-19(15-6-3-2-4-7-15)26-21(22-14)16-9-11-17(12-10-16)23-20(24)18-8-5-13-25-18/h2-13H,1H3,(H,23,24). The van der Waals surface area contributed by atoms with Crippen molar-refractivity contribution in [3.05, 3.63) is 84.4 Å². The van der Waals surface area contributed by atoms with Crippen LogP contribution in [0.1, 0.15) is 16.2 Å². The highest BCUT2D eigenvalue weighted by Gasteiger charge is 2.12. The Morgan fingerprint density at radius 2 is 1.73 bits per heavy atom. The van der Waals surface area contributed by atoms with E-state index < -0.39 is 0 Å². The molecule has 26 heavy (non-hydrogen) atoms. The molecule has 2 aromatic heterocycles. The second kappa shape index (κ2) is 6.98. The van der Waals surface area contributed by atoms with Gasteiger partial charge in [0, 0.05) is 11.3 Å². The van der Waals surface area contributed by atoms with Crippen LogP contribution >= 0.6 is 11.3 Å². The molecule has 5 heteroatoms. The lowest BCUT2D eigenvalue weighted by molar-refractivity contribution is 0.0996. The molecule has 0 bridgehead atoms. The first-order valence-corrected chi connectivity index (χ1v) is 9.00. The third kappa shape index (κ3) is 3.30. The van der Waals surface area contributed by atoms with Gasteiger partial charge in [0.05, 0.1) is 16.8 Å². The van der Waals surface area contributed by atoms with E-state index in [0.717, 1.165) is 16.3 Å². The molecule has 0 aliphatic carbocycles. The summed E-state index contributed by atoms with van der Waals surface area (Å²) < 4.78 is 5.10. The summed E-state index contributed by atoms with van der Waals surface area (Å²) in [5.74, 6) is 0.0244. The Morgan fingerprint density at radius 1 is 0.962 bits per heavy atom. The summed E-state index contributed by atoms with van der Waals surface area (Å²) in [7, 11) is 0. The molecule has 2 aromatic carbocycles. The van der Waals surface area contributed by atoms with Crippen LogP contribution in [0.3, 0.4) is 0 Å². The Morgan fingerprint density at radius 3 is 2.42 bits per heavy atom. The van der Waals surface area contributed by atoms with Crippen molar-refractivity contribution in [3.8, 4) is 21.0 Å². The molecule has 0 aliphatic rings. The molecular weight excluding hydrogens is 344 g/mol. The van der Waals surface area contributed by atoms with Crippen molar-refractivity contribution in [2.24, 2.45) is 0 Å². The zero-order valence-electron chi connectivity index (χ0n) is 14.1. The molecular formula is C21H16N2O2S. The van der Waals surface area contributed by atoms with Gasteiger partial charge in [-0.15, -0.1) is 11.3 Å². The average molecular weight is 360 g/mol. The Balaban J connectivity index is 1.55. The van der Waals surface area contributed by atoms with E-state index in [1.165, 1.54) is 16.7 Å². The summed E-state index contributed by atoms with van der Waals surface area (Å²) in [4.78, 5) is 17.9. The lowest BCUT2D eigenvalue weighted by Crippen LogP contribution is -2.10. The van der Waals surface area contributed by atoms with Gasteiger partial charge in [-0.25, -0.2) is 4.98 Å². The van der Waals surface area contributed by atoms with Crippen LogP contribution in [0.5, 0.6) is 0 Å². The molecule has 0 spiro atoms. The lowest BCUT2D eigenvalue weighted by atomic mass is 10.2. The Bertz CT molecular complexity index is 1020. The van der Waals surface area contributed by atoms with E-state index in [4.69, 9.17) is 9.40 Å². The maximum absolute atomic E-state index is 12.0. The fourth-order valence-corrected chi connectivity index (χ4v) is 3.75. The molecule has 1 amide bonds. The number of anilines is 1. The minimum atomic E-state index is -0.265. The zero-order valence-corrected chi connectivity index (χ0v) is 14.9. The van der Waals surface area contributed by atoms with E-state index in [2.05, 4.69) is 17.4 Å². The summed E-state index contributed by atoms with van der Waals surface area (Å²) in [6.07, 6.45) is 1.48. The van der Waals surface area contributed by atoms with Crippen molar-refractivity contribution in [2.45, 2.75) is 6.92 Å². The highest BCUT2D eigenvalue weighted by Crippen LogP contribution is 2.35. The van der Waals surface area contributed by atoms with Crippen molar-refractivity contribution in [1.82, 2.24) is 4.98 Å². The molecule has 128 valence electrons. The molecule has 4 rings (SSSR count). The molecule has 0 fully saturated rings. The first-order valence-electron chi connectivity index (χ1n) is 8.19. The van der Waals surface area contributed by atoms with Crippen LogP contribution in [0.15, 0.2) is 77.4 Å². The number of aryl methyl sites for hydroxylation is 1. The zero-order chi connectivity index (χ0) is 17.9. The summed E-state index contributed by atoms with van der Waals surface area (Å²) in [5.41, 5.74) is 3.94. The predicted octanol–water partition coefficient (Wildman–Crippen LogP) is 5.63. The van der Waals surface area contributed by atoms with Gasteiger partial charge < -0.3 is 9.73 Å².